The van der Waals surface area contributed by atoms with Crippen molar-refractivity contribution in [3.05, 3.63) is 108 Å². The Balaban J connectivity index is 1.58. The number of hydrogen-bond donors (Lipinski definition) is 0. The summed E-state index contributed by atoms with van der Waals surface area (Å²) in [5.74, 6) is 0.963. The fourth-order valence-electron chi connectivity index (χ4n) is 5.87. The summed E-state index contributed by atoms with van der Waals surface area (Å²) in [4.78, 5) is 2.77. The molecule has 3 saturated heterocycles. The van der Waals surface area contributed by atoms with Gasteiger partial charge in [0, 0.05) is 11.5 Å². The summed E-state index contributed by atoms with van der Waals surface area (Å²) in [6.45, 7) is 2.62. The highest BCUT2D eigenvalue weighted by atomic mass is 15.2. The van der Waals surface area contributed by atoms with E-state index < -0.39 is 0 Å². The summed E-state index contributed by atoms with van der Waals surface area (Å²) in [5.41, 5.74) is 4.14. The lowest BCUT2D eigenvalue weighted by molar-refractivity contribution is 0.0423. The highest BCUT2D eigenvalue weighted by molar-refractivity contribution is 5.50. The van der Waals surface area contributed by atoms with Crippen molar-refractivity contribution in [2.45, 2.75) is 43.6 Å². The zero-order valence-electron chi connectivity index (χ0n) is 17.2. The van der Waals surface area contributed by atoms with Crippen molar-refractivity contribution < 1.29 is 0 Å². The van der Waals surface area contributed by atoms with Crippen molar-refractivity contribution in [1.82, 2.24) is 4.90 Å². The van der Waals surface area contributed by atoms with Crippen LogP contribution in [0.4, 0.5) is 0 Å². The molecular formula is C28H31N. The molecule has 0 spiro atoms. The van der Waals surface area contributed by atoms with Gasteiger partial charge in [-0.1, -0.05) is 91.0 Å². The van der Waals surface area contributed by atoms with Gasteiger partial charge >= 0.3 is 0 Å². The van der Waals surface area contributed by atoms with Crippen molar-refractivity contribution in [1.29, 1.82) is 0 Å². The van der Waals surface area contributed by atoms with Crippen molar-refractivity contribution in [2.24, 2.45) is 5.92 Å². The second-order valence-corrected chi connectivity index (χ2v) is 8.91. The zero-order valence-corrected chi connectivity index (χ0v) is 17.2. The second kappa shape index (κ2) is 8.16. The van der Waals surface area contributed by atoms with E-state index in [2.05, 4.69) is 95.9 Å². The first-order valence-electron chi connectivity index (χ1n) is 11.3. The zero-order chi connectivity index (χ0) is 19.5. The van der Waals surface area contributed by atoms with Gasteiger partial charge in [0.2, 0.25) is 0 Å². The number of piperidine rings is 3. The molecule has 1 nitrogen and oxygen atoms in total. The first-order valence-corrected chi connectivity index (χ1v) is 11.3. The van der Waals surface area contributed by atoms with Crippen LogP contribution in [0.15, 0.2) is 91.0 Å². The maximum atomic E-state index is 2.77. The molecule has 3 aliphatic rings. The van der Waals surface area contributed by atoms with Gasteiger partial charge in [0.1, 0.15) is 0 Å². The molecule has 0 N–H and O–H groups in total. The van der Waals surface area contributed by atoms with Crippen LogP contribution in [-0.4, -0.2) is 24.0 Å². The van der Waals surface area contributed by atoms with E-state index >= 15 is 0 Å². The molecule has 3 fully saturated rings. The van der Waals surface area contributed by atoms with Gasteiger partial charge in [-0.25, -0.2) is 0 Å². The van der Waals surface area contributed by atoms with E-state index in [4.69, 9.17) is 0 Å². The summed E-state index contributed by atoms with van der Waals surface area (Å²) in [5, 5.41) is 0. The molecule has 3 aromatic rings. The summed E-state index contributed by atoms with van der Waals surface area (Å²) in [6, 6.07) is 34.3. The van der Waals surface area contributed by atoms with Crippen molar-refractivity contribution in [3.8, 4) is 0 Å². The highest BCUT2D eigenvalue weighted by Crippen LogP contribution is 2.45. The molecule has 0 aromatic heterocycles. The lowest BCUT2D eigenvalue weighted by Crippen LogP contribution is -2.49. The first-order chi connectivity index (χ1) is 14.4. The summed E-state index contributed by atoms with van der Waals surface area (Å²) in [7, 11) is 0. The van der Waals surface area contributed by atoms with Crippen molar-refractivity contribution in [3.63, 3.8) is 0 Å². The van der Waals surface area contributed by atoms with E-state index in [-0.39, 0.29) is 5.41 Å². The molecule has 0 amide bonds. The van der Waals surface area contributed by atoms with Crippen LogP contribution in [-0.2, 0) is 5.41 Å². The third-order valence-corrected chi connectivity index (χ3v) is 7.42. The van der Waals surface area contributed by atoms with E-state index in [9.17, 15) is 0 Å². The van der Waals surface area contributed by atoms with Crippen molar-refractivity contribution >= 4 is 0 Å². The number of rotatable bonds is 6. The molecule has 6 rings (SSSR count). The van der Waals surface area contributed by atoms with Crippen molar-refractivity contribution in [2.75, 3.05) is 13.1 Å². The predicted molar refractivity (Wildman–Crippen MR) is 121 cm³/mol. The molecule has 2 bridgehead atoms. The smallest absolute Gasteiger partial charge is 0.0451 e. The fourth-order valence-corrected chi connectivity index (χ4v) is 5.87. The van der Waals surface area contributed by atoms with E-state index in [0.29, 0.717) is 0 Å². The predicted octanol–water partition coefficient (Wildman–Crippen LogP) is 6.29. The van der Waals surface area contributed by atoms with Gasteiger partial charge < -0.3 is 4.90 Å². The molecular weight excluding hydrogens is 350 g/mol. The average molecular weight is 382 g/mol. The molecule has 3 aliphatic heterocycles. The molecule has 29 heavy (non-hydrogen) atoms. The standard InChI is InChI=1S/C28H31N/c1-4-10-24(11-5-1)28(25-12-6-2-7-13-25,26-14-8-3-9-15-26)19-16-27-22-23-17-20-29(27)21-18-23/h1-15,23,27H,16-22H2. The van der Waals surface area contributed by atoms with Crippen LogP contribution < -0.4 is 0 Å². The van der Waals surface area contributed by atoms with Crippen LogP contribution in [0.2, 0.25) is 0 Å². The van der Waals surface area contributed by atoms with E-state index in [0.717, 1.165) is 18.4 Å². The number of hydrogen-bond acceptors (Lipinski definition) is 1. The Hall–Kier alpha value is -2.38. The summed E-state index contributed by atoms with van der Waals surface area (Å²) < 4.78 is 0. The third kappa shape index (κ3) is 3.53. The van der Waals surface area contributed by atoms with Gasteiger partial charge in [-0.05, 0) is 67.8 Å². The second-order valence-electron chi connectivity index (χ2n) is 8.91. The monoisotopic (exact) mass is 381 g/mol. The van der Waals surface area contributed by atoms with Crippen LogP contribution in [0.5, 0.6) is 0 Å². The Kier molecular flexibility index (Phi) is 5.24. The Morgan fingerprint density at radius 1 is 0.655 bits per heavy atom. The topological polar surface area (TPSA) is 3.24 Å². The molecule has 0 aliphatic carbocycles. The average Bonchev–Trinajstić information content (AvgIpc) is 2.82. The Labute approximate surface area is 175 Å². The highest BCUT2D eigenvalue weighted by Gasteiger charge is 2.39. The molecule has 1 unspecified atom stereocenters. The summed E-state index contributed by atoms with van der Waals surface area (Å²) >= 11 is 0. The van der Waals surface area contributed by atoms with E-state index in [1.807, 2.05) is 0 Å². The number of fused-ring (bicyclic) bond motifs is 3. The lowest BCUT2D eigenvalue weighted by atomic mass is 9.65. The molecule has 0 radical (unpaired) electrons. The maximum Gasteiger partial charge on any atom is 0.0451 e. The number of nitrogens with zero attached hydrogens (tertiary/aromatic N) is 1. The molecule has 3 aromatic carbocycles. The first kappa shape index (κ1) is 18.6. The third-order valence-electron chi connectivity index (χ3n) is 7.42. The van der Waals surface area contributed by atoms with Crippen LogP contribution in [0.1, 0.15) is 48.8 Å². The van der Waals surface area contributed by atoms with Crippen LogP contribution >= 0.6 is 0 Å². The Bertz CT molecular complexity index is 798. The largest absolute Gasteiger partial charge is 0.300 e. The van der Waals surface area contributed by atoms with Gasteiger partial charge in [0.05, 0.1) is 0 Å². The lowest BCUT2D eigenvalue weighted by Gasteiger charge is -2.47. The molecule has 3 heterocycles. The van der Waals surface area contributed by atoms with Crippen LogP contribution in [0, 0.1) is 5.92 Å². The molecule has 1 heteroatoms. The fraction of sp³-hybridized carbons (Fsp3) is 0.357. The number of benzene rings is 3. The van der Waals surface area contributed by atoms with Crippen LogP contribution in [0.3, 0.4) is 0 Å². The Morgan fingerprint density at radius 2 is 1.10 bits per heavy atom. The maximum absolute atomic E-state index is 2.77. The molecule has 1 atom stereocenters. The van der Waals surface area contributed by atoms with Crippen LogP contribution in [0.25, 0.3) is 0 Å². The minimum absolute atomic E-state index is 0.0956. The normalized spacial score (nSPS) is 23.8. The van der Waals surface area contributed by atoms with Gasteiger partial charge in [-0.3, -0.25) is 0 Å². The minimum Gasteiger partial charge on any atom is -0.300 e. The van der Waals surface area contributed by atoms with Gasteiger partial charge in [-0.15, -0.1) is 0 Å². The Morgan fingerprint density at radius 3 is 1.48 bits per heavy atom. The quantitative estimate of drug-likeness (QED) is 0.454. The van der Waals surface area contributed by atoms with Gasteiger partial charge in [0.25, 0.3) is 0 Å². The van der Waals surface area contributed by atoms with E-state index in [1.165, 1.54) is 55.5 Å². The minimum atomic E-state index is -0.0956. The molecule has 0 saturated carbocycles. The van der Waals surface area contributed by atoms with E-state index in [1.54, 1.807) is 0 Å². The summed E-state index contributed by atoms with van der Waals surface area (Å²) in [6.07, 6.45) is 6.64. The van der Waals surface area contributed by atoms with Gasteiger partial charge in [0.15, 0.2) is 0 Å². The molecule has 148 valence electrons. The SMILES string of the molecule is c1ccc(C(CCC2CC3CCN2CC3)(c2ccccc2)c2ccccc2)cc1. The van der Waals surface area contributed by atoms with Gasteiger partial charge in [-0.2, -0.15) is 0 Å².